The van der Waals surface area contributed by atoms with Crippen molar-refractivity contribution >= 4 is 23.7 Å². The summed E-state index contributed by atoms with van der Waals surface area (Å²) in [5.74, 6) is 6.85. The Morgan fingerprint density at radius 2 is 2.14 bits per heavy atom. The summed E-state index contributed by atoms with van der Waals surface area (Å²) < 4.78 is 16.6. The van der Waals surface area contributed by atoms with Crippen molar-refractivity contribution in [3.63, 3.8) is 0 Å². The zero-order valence-electron chi connectivity index (χ0n) is 22.3. The van der Waals surface area contributed by atoms with Gasteiger partial charge in [-0.05, 0) is 74.6 Å². The number of benzene rings is 1. The molecule has 0 saturated carbocycles. The maximum Gasteiger partial charge on any atom is 0.406 e. The molecule has 0 aromatic heterocycles. The molecular formula is C27H43ClN4O5. The molecule has 2 saturated heterocycles. The van der Waals surface area contributed by atoms with Gasteiger partial charge in [-0.1, -0.05) is 24.1 Å². The van der Waals surface area contributed by atoms with E-state index >= 15 is 0 Å². The maximum atomic E-state index is 13.2. The van der Waals surface area contributed by atoms with Crippen LogP contribution in [-0.4, -0.2) is 75.1 Å². The summed E-state index contributed by atoms with van der Waals surface area (Å²) in [4.78, 5) is 26.5. The smallest absolute Gasteiger partial charge is 0.406 e. The van der Waals surface area contributed by atoms with Crippen molar-refractivity contribution in [3.05, 3.63) is 34.3 Å². The van der Waals surface area contributed by atoms with Crippen molar-refractivity contribution in [1.29, 1.82) is 0 Å². The number of hydrogen-bond donors (Lipinski definition) is 2. The van der Waals surface area contributed by atoms with Crippen molar-refractivity contribution in [2.24, 2.45) is 17.7 Å². The van der Waals surface area contributed by atoms with Crippen LogP contribution in [0.15, 0.2) is 18.2 Å². The minimum absolute atomic E-state index is 0.0736. The third-order valence-electron chi connectivity index (χ3n) is 7.32. The van der Waals surface area contributed by atoms with E-state index < -0.39 is 6.09 Å². The van der Waals surface area contributed by atoms with Gasteiger partial charge >= 0.3 is 12.1 Å². The molecule has 208 valence electrons. The number of hydrazine groups is 1. The summed E-state index contributed by atoms with van der Waals surface area (Å²) in [7, 11) is 1.33. The van der Waals surface area contributed by atoms with Crippen LogP contribution in [-0.2, 0) is 14.2 Å². The summed E-state index contributed by atoms with van der Waals surface area (Å²) in [6.07, 6.45) is 6.43. The number of amides is 3. The Bertz CT molecular complexity index is 865. The highest BCUT2D eigenvalue weighted by Crippen LogP contribution is 2.36. The molecule has 3 rings (SSSR count). The average Bonchev–Trinajstić information content (AvgIpc) is 3.18. The molecular weight excluding hydrogens is 496 g/mol. The number of methoxy groups -OCH3 is 1. The normalized spacial score (nSPS) is 21.1. The number of rotatable bonds is 10. The van der Waals surface area contributed by atoms with Crippen LogP contribution in [0.1, 0.15) is 62.2 Å². The van der Waals surface area contributed by atoms with Gasteiger partial charge < -0.3 is 24.4 Å². The zero-order chi connectivity index (χ0) is 26.6. The van der Waals surface area contributed by atoms with Crippen LogP contribution in [0.5, 0.6) is 0 Å². The van der Waals surface area contributed by atoms with Gasteiger partial charge in [0.05, 0.1) is 19.8 Å². The van der Waals surface area contributed by atoms with Gasteiger partial charge in [0.1, 0.15) is 0 Å². The Kier molecular flexibility index (Phi) is 12.2. The molecule has 1 aromatic rings. The molecule has 1 aromatic carbocycles. The van der Waals surface area contributed by atoms with Gasteiger partial charge in [0.15, 0.2) is 0 Å². The summed E-state index contributed by atoms with van der Waals surface area (Å²) >= 11 is 6.33. The van der Waals surface area contributed by atoms with Crippen LogP contribution in [0, 0.1) is 18.8 Å². The van der Waals surface area contributed by atoms with Crippen molar-refractivity contribution in [3.8, 4) is 0 Å². The molecule has 10 heteroatoms. The van der Waals surface area contributed by atoms with Gasteiger partial charge in [-0.2, -0.15) is 0 Å². The largest absolute Gasteiger partial charge is 0.453 e. The van der Waals surface area contributed by atoms with Gasteiger partial charge in [-0.15, -0.1) is 0 Å². The standard InChI is InChI=1S/C27H43ClN4O5/c1-20-10-11-23(28)17-24(20)25(37-16-12-30-26(33)35-2)22-9-6-13-31(18-22)27(34)32(29)14-5-8-21-7-3-4-15-36-19-21/h10-11,17,21-22,25H,3-9,12-16,18-19,29H2,1-2H3,(H,30,33)/t21?,22?,25-/m1/s1. The first-order valence-corrected chi connectivity index (χ1v) is 13.8. The lowest BCUT2D eigenvalue weighted by Crippen LogP contribution is -2.51. The Balaban J connectivity index is 1.59. The number of alkyl carbamates (subject to hydrolysis) is 1. The summed E-state index contributed by atoms with van der Waals surface area (Å²) in [5, 5.41) is 4.65. The Labute approximate surface area is 225 Å². The van der Waals surface area contributed by atoms with E-state index in [9.17, 15) is 9.59 Å². The Morgan fingerprint density at radius 1 is 1.30 bits per heavy atom. The summed E-state index contributed by atoms with van der Waals surface area (Å²) in [5.41, 5.74) is 2.07. The second-order valence-electron chi connectivity index (χ2n) is 10.1. The molecule has 2 unspecified atom stereocenters. The fraction of sp³-hybridized carbons (Fsp3) is 0.704. The molecule has 0 aliphatic carbocycles. The van der Waals surface area contributed by atoms with E-state index in [1.54, 1.807) is 0 Å². The predicted molar refractivity (Wildman–Crippen MR) is 143 cm³/mol. The van der Waals surface area contributed by atoms with Gasteiger partial charge in [-0.3, -0.25) is 5.01 Å². The van der Waals surface area contributed by atoms with Crippen molar-refractivity contribution < 1.29 is 23.8 Å². The number of nitrogens with one attached hydrogen (secondary N) is 1. The molecule has 3 atom stereocenters. The Morgan fingerprint density at radius 3 is 2.95 bits per heavy atom. The molecule has 9 nitrogen and oxygen atoms in total. The summed E-state index contributed by atoms with van der Waals surface area (Å²) in [6, 6.07) is 5.63. The van der Waals surface area contributed by atoms with Gasteiger partial charge in [-0.25, -0.2) is 15.4 Å². The van der Waals surface area contributed by atoms with Crippen LogP contribution < -0.4 is 11.2 Å². The third kappa shape index (κ3) is 9.32. The van der Waals surface area contributed by atoms with Crippen LogP contribution in [0.4, 0.5) is 9.59 Å². The fourth-order valence-electron chi connectivity index (χ4n) is 5.27. The van der Waals surface area contributed by atoms with Crippen LogP contribution >= 0.6 is 11.6 Å². The molecule has 2 aliphatic heterocycles. The minimum Gasteiger partial charge on any atom is -0.453 e. The maximum absolute atomic E-state index is 13.2. The molecule has 2 aliphatic rings. The zero-order valence-corrected chi connectivity index (χ0v) is 23.0. The predicted octanol–water partition coefficient (Wildman–Crippen LogP) is 4.67. The number of aryl methyl sites for hydroxylation is 1. The fourth-order valence-corrected chi connectivity index (χ4v) is 5.45. The molecule has 0 radical (unpaired) electrons. The number of nitrogens with zero attached hydrogens (tertiary/aromatic N) is 2. The van der Waals surface area contributed by atoms with E-state index in [1.807, 2.05) is 30.0 Å². The van der Waals surface area contributed by atoms with E-state index in [0.29, 0.717) is 43.7 Å². The molecule has 2 fully saturated rings. The molecule has 2 heterocycles. The van der Waals surface area contributed by atoms with E-state index in [0.717, 1.165) is 56.4 Å². The SMILES string of the molecule is COC(=O)NCCO[C@@H](c1cc(Cl)ccc1C)C1CCCN(C(=O)N(N)CCCC2CCCCOC2)C1. The topological polar surface area (TPSA) is 106 Å². The molecule has 3 N–H and O–H groups in total. The van der Waals surface area contributed by atoms with Crippen LogP contribution in [0.2, 0.25) is 5.02 Å². The van der Waals surface area contributed by atoms with E-state index in [1.165, 1.54) is 25.0 Å². The molecule has 3 amide bonds. The van der Waals surface area contributed by atoms with Crippen LogP contribution in [0.3, 0.4) is 0 Å². The molecule has 0 bridgehead atoms. The highest BCUT2D eigenvalue weighted by atomic mass is 35.5. The number of piperidine rings is 1. The first kappa shape index (κ1) is 29.5. The number of halogens is 1. The van der Waals surface area contributed by atoms with Crippen molar-refractivity contribution in [2.45, 2.75) is 58.0 Å². The van der Waals surface area contributed by atoms with Crippen molar-refractivity contribution in [2.75, 3.05) is 53.1 Å². The van der Waals surface area contributed by atoms with Crippen LogP contribution in [0.25, 0.3) is 0 Å². The second kappa shape index (κ2) is 15.4. The minimum atomic E-state index is -0.497. The third-order valence-corrected chi connectivity index (χ3v) is 7.56. The second-order valence-corrected chi connectivity index (χ2v) is 10.6. The van der Waals surface area contributed by atoms with E-state index in [4.69, 9.17) is 26.9 Å². The molecule has 0 spiro atoms. The number of carbonyl (C=O) groups is 2. The summed E-state index contributed by atoms with van der Waals surface area (Å²) in [6.45, 7) is 6.07. The number of hydrogen-bond acceptors (Lipinski definition) is 6. The van der Waals surface area contributed by atoms with Gasteiger partial charge in [0.2, 0.25) is 0 Å². The van der Waals surface area contributed by atoms with Gasteiger partial charge in [0, 0.05) is 50.3 Å². The highest BCUT2D eigenvalue weighted by molar-refractivity contribution is 6.30. The lowest BCUT2D eigenvalue weighted by Gasteiger charge is -2.39. The number of carbonyl (C=O) groups excluding carboxylic acids is 2. The van der Waals surface area contributed by atoms with E-state index in [-0.39, 0.29) is 18.1 Å². The quantitative estimate of drug-likeness (QED) is 0.194. The average molecular weight is 539 g/mol. The monoisotopic (exact) mass is 538 g/mol. The number of urea groups is 1. The lowest BCUT2D eigenvalue weighted by atomic mass is 9.86. The number of ether oxygens (including phenoxy) is 3. The number of nitrogens with two attached hydrogens (primary N) is 1. The number of likely N-dealkylation sites (tertiary alicyclic amines) is 1. The Hall–Kier alpha value is -2.07. The first-order chi connectivity index (χ1) is 17.9. The lowest BCUT2D eigenvalue weighted by molar-refractivity contribution is -0.0110. The molecule has 37 heavy (non-hydrogen) atoms. The van der Waals surface area contributed by atoms with E-state index in [2.05, 4.69) is 10.1 Å². The highest BCUT2D eigenvalue weighted by Gasteiger charge is 2.33. The van der Waals surface area contributed by atoms with Gasteiger partial charge in [0.25, 0.3) is 0 Å². The first-order valence-electron chi connectivity index (χ1n) is 13.5. The van der Waals surface area contributed by atoms with Crippen molar-refractivity contribution in [1.82, 2.24) is 15.2 Å².